The van der Waals surface area contributed by atoms with E-state index in [0.717, 1.165) is 0 Å². The van der Waals surface area contributed by atoms with Crippen LogP contribution in [0.25, 0.3) is 0 Å². The van der Waals surface area contributed by atoms with Crippen molar-refractivity contribution in [2.45, 2.75) is 19.0 Å². The quantitative estimate of drug-likeness (QED) is 0.807. The van der Waals surface area contributed by atoms with Gasteiger partial charge in [-0.15, -0.1) is 0 Å². The van der Waals surface area contributed by atoms with Gasteiger partial charge in [0.1, 0.15) is 11.9 Å². The maximum Gasteiger partial charge on any atom is 0.389 e. The number of alkyl halides is 3. The molecular formula is C10H10F3N3. The molecule has 0 aliphatic heterocycles. The standard InChI is InChI=1S/C10H10F3N3/c11-10(12,13)4-2-6-16-9-8(7-14)3-1-5-15-9/h1,3,5H,2,4,6H2,(H,15,16). The first-order chi connectivity index (χ1) is 7.53. The van der Waals surface area contributed by atoms with E-state index in [0.29, 0.717) is 11.4 Å². The Bertz CT molecular complexity index is 382. The molecule has 0 saturated heterocycles. The van der Waals surface area contributed by atoms with Crippen molar-refractivity contribution in [2.75, 3.05) is 11.9 Å². The van der Waals surface area contributed by atoms with E-state index in [1.54, 1.807) is 12.1 Å². The van der Waals surface area contributed by atoms with E-state index in [1.165, 1.54) is 6.20 Å². The minimum atomic E-state index is -4.14. The van der Waals surface area contributed by atoms with Crippen LogP contribution in [0.2, 0.25) is 0 Å². The molecule has 3 nitrogen and oxygen atoms in total. The number of nitrogens with one attached hydrogen (secondary N) is 1. The summed E-state index contributed by atoms with van der Waals surface area (Å²) >= 11 is 0. The fourth-order valence-electron chi connectivity index (χ4n) is 1.13. The zero-order chi connectivity index (χ0) is 12.0. The average molecular weight is 229 g/mol. The predicted molar refractivity (Wildman–Crippen MR) is 52.7 cm³/mol. The molecule has 6 heteroatoms. The van der Waals surface area contributed by atoms with E-state index in [9.17, 15) is 13.2 Å². The molecule has 0 saturated carbocycles. The highest BCUT2D eigenvalue weighted by Crippen LogP contribution is 2.21. The molecule has 1 aromatic heterocycles. The topological polar surface area (TPSA) is 48.7 Å². The number of hydrogen-bond acceptors (Lipinski definition) is 3. The summed E-state index contributed by atoms with van der Waals surface area (Å²) < 4.78 is 35.5. The van der Waals surface area contributed by atoms with Gasteiger partial charge in [-0.05, 0) is 18.6 Å². The van der Waals surface area contributed by atoms with Gasteiger partial charge < -0.3 is 5.32 Å². The van der Waals surface area contributed by atoms with Crippen LogP contribution in [0.5, 0.6) is 0 Å². The molecule has 1 heterocycles. The highest BCUT2D eigenvalue weighted by Gasteiger charge is 2.25. The van der Waals surface area contributed by atoms with Crippen molar-refractivity contribution >= 4 is 5.82 Å². The van der Waals surface area contributed by atoms with Crippen molar-refractivity contribution < 1.29 is 13.2 Å². The summed E-state index contributed by atoms with van der Waals surface area (Å²) in [6.07, 6.45) is -3.53. The monoisotopic (exact) mass is 229 g/mol. The molecule has 1 N–H and O–H groups in total. The van der Waals surface area contributed by atoms with Crippen molar-refractivity contribution in [3.8, 4) is 6.07 Å². The molecule has 0 aromatic carbocycles. The molecule has 0 bridgehead atoms. The van der Waals surface area contributed by atoms with Gasteiger partial charge in [-0.3, -0.25) is 0 Å². The third kappa shape index (κ3) is 4.17. The molecule has 16 heavy (non-hydrogen) atoms. The van der Waals surface area contributed by atoms with Crippen LogP contribution in [0.3, 0.4) is 0 Å². The normalized spacial score (nSPS) is 10.9. The van der Waals surface area contributed by atoms with E-state index in [1.807, 2.05) is 6.07 Å². The second kappa shape index (κ2) is 5.35. The first kappa shape index (κ1) is 12.3. The van der Waals surface area contributed by atoms with Crippen LogP contribution in [0.15, 0.2) is 18.3 Å². The Balaban J connectivity index is 2.41. The van der Waals surface area contributed by atoms with Crippen LogP contribution in [-0.2, 0) is 0 Å². The highest BCUT2D eigenvalue weighted by atomic mass is 19.4. The number of rotatable bonds is 4. The summed E-state index contributed by atoms with van der Waals surface area (Å²) in [6.45, 7) is 0.144. The summed E-state index contributed by atoms with van der Waals surface area (Å²) in [5.74, 6) is 0.326. The molecule has 1 aromatic rings. The number of aromatic nitrogens is 1. The van der Waals surface area contributed by atoms with E-state index in [2.05, 4.69) is 10.3 Å². The minimum absolute atomic E-state index is 0.0368. The molecule has 0 unspecified atom stereocenters. The van der Waals surface area contributed by atoms with Crippen molar-refractivity contribution in [2.24, 2.45) is 0 Å². The largest absolute Gasteiger partial charge is 0.389 e. The molecule has 0 aliphatic carbocycles. The van der Waals surface area contributed by atoms with Gasteiger partial charge in [0.05, 0.1) is 5.56 Å². The van der Waals surface area contributed by atoms with E-state index < -0.39 is 12.6 Å². The third-order valence-electron chi connectivity index (χ3n) is 1.86. The average Bonchev–Trinajstić information content (AvgIpc) is 2.23. The van der Waals surface area contributed by atoms with Crippen molar-refractivity contribution in [3.63, 3.8) is 0 Å². The maximum atomic E-state index is 11.8. The number of nitriles is 1. The van der Waals surface area contributed by atoms with Crippen LogP contribution in [0.4, 0.5) is 19.0 Å². The van der Waals surface area contributed by atoms with Crippen LogP contribution in [-0.4, -0.2) is 17.7 Å². The zero-order valence-electron chi connectivity index (χ0n) is 8.38. The van der Waals surface area contributed by atoms with Gasteiger partial charge >= 0.3 is 6.18 Å². The number of anilines is 1. The smallest absolute Gasteiger partial charge is 0.369 e. The number of nitrogens with zero attached hydrogens (tertiary/aromatic N) is 2. The van der Waals surface area contributed by atoms with Gasteiger partial charge in [-0.25, -0.2) is 4.98 Å². The highest BCUT2D eigenvalue weighted by molar-refractivity contribution is 5.50. The Morgan fingerprint density at radius 3 is 2.81 bits per heavy atom. The molecule has 0 amide bonds. The molecule has 1 rings (SSSR count). The molecule has 0 aliphatic rings. The molecule has 86 valence electrons. The van der Waals surface area contributed by atoms with Gasteiger partial charge in [0.15, 0.2) is 0 Å². The fourth-order valence-corrected chi connectivity index (χ4v) is 1.13. The lowest BCUT2D eigenvalue weighted by Crippen LogP contribution is -2.11. The van der Waals surface area contributed by atoms with Crippen LogP contribution < -0.4 is 5.32 Å². The number of hydrogen-bond donors (Lipinski definition) is 1. The first-order valence-corrected chi connectivity index (χ1v) is 4.68. The van der Waals surface area contributed by atoms with Gasteiger partial charge in [-0.2, -0.15) is 18.4 Å². The maximum absolute atomic E-state index is 11.8. The summed E-state index contributed by atoms with van der Waals surface area (Å²) in [6, 6.07) is 5.06. The summed E-state index contributed by atoms with van der Waals surface area (Å²) in [5.41, 5.74) is 0.328. The second-order valence-corrected chi connectivity index (χ2v) is 3.16. The van der Waals surface area contributed by atoms with Crippen molar-refractivity contribution in [3.05, 3.63) is 23.9 Å². The molecule has 0 fully saturated rings. The van der Waals surface area contributed by atoms with Crippen LogP contribution >= 0.6 is 0 Å². The molecule has 0 atom stereocenters. The lowest BCUT2D eigenvalue weighted by atomic mass is 10.2. The Morgan fingerprint density at radius 1 is 1.44 bits per heavy atom. The molecular weight excluding hydrogens is 219 g/mol. The number of pyridine rings is 1. The van der Waals surface area contributed by atoms with Crippen LogP contribution in [0, 0.1) is 11.3 Å². The lowest BCUT2D eigenvalue weighted by molar-refractivity contribution is -0.134. The summed E-state index contributed by atoms with van der Waals surface area (Å²) in [7, 11) is 0. The van der Waals surface area contributed by atoms with Crippen molar-refractivity contribution in [1.29, 1.82) is 5.26 Å². The third-order valence-corrected chi connectivity index (χ3v) is 1.86. The first-order valence-electron chi connectivity index (χ1n) is 4.68. The summed E-state index contributed by atoms with van der Waals surface area (Å²) in [4.78, 5) is 3.87. The Hall–Kier alpha value is -1.77. The Kier molecular flexibility index (Phi) is 4.11. The molecule has 0 radical (unpaired) electrons. The lowest BCUT2D eigenvalue weighted by Gasteiger charge is -2.08. The fraction of sp³-hybridized carbons (Fsp3) is 0.400. The Morgan fingerprint density at radius 2 is 2.19 bits per heavy atom. The Labute approximate surface area is 90.9 Å². The van der Waals surface area contributed by atoms with E-state index in [-0.39, 0.29) is 13.0 Å². The van der Waals surface area contributed by atoms with Gasteiger partial charge in [0.25, 0.3) is 0 Å². The van der Waals surface area contributed by atoms with Crippen LogP contribution in [0.1, 0.15) is 18.4 Å². The summed E-state index contributed by atoms with van der Waals surface area (Å²) in [5, 5.41) is 11.4. The SMILES string of the molecule is N#Cc1cccnc1NCCCC(F)(F)F. The second-order valence-electron chi connectivity index (χ2n) is 3.16. The van der Waals surface area contributed by atoms with Crippen molar-refractivity contribution in [1.82, 2.24) is 4.98 Å². The van der Waals surface area contributed by atoms with Gasteiger partial charge in [0.2, 0.25) is 0 Å². The zero-order valence-corrected chi connectivity index (χ0v) is 8.38. The van der Waals surface area contributed by atoms with E-state index >= 15 is 0 Å². The van der Waals surface area contributed by atoms with Gasteiger partial charge in [-0.1, -0.05) is 0 Å². The molecule has 0 spiro atoms. The van der Waals surface area contributed by atoms with Gasteiger partial charge in [0, 0.05) is 19.2 Å². The van der Waals surface area contributed by atoms with E-state index in [4.69, 9.17) is 5.26 Å². The minimum Gasteiger partial charge on any atom is -0.369 e. The number of halogens is 3. The predicted octanol–water partition coefficient (Wildman–Crippen LogP) is 2.71.